The monoisotopic (exact) mass is 519 g/mol. The molecule has 0 saturated heterocycles. The third-order valence-corrected chi connectivity index (χ3v) is 6.54. The van der Waals surface area contributed by atoms with Crippen molar-refractivity contribution in [3.8, 4) is 22.6 Å². The number of nitrogens with zero attached hydrogens (tertiary/aromatic N) is 2. The fourth-order valence-electron chi connectivity index (χ4n) is 4.57. The van der Waals surface area contributed by atoms with E-state index in [2.05, 4.69) is 21.5 Å². The first-order chi connectivity index (χ1) is 18.7. The number of allylic oxidation sites excluding steroid dienone is 1. The highest BCUT2D eigenvalue weighted by Gasteiger charge is 2.20. The van der Waals surface area contributed by atoms with E-state index in [1.165, 1.54) is 24.3 Å². The fourth-order valence-corrected chi connectivity index (χ4v) is 4.57. The van der Waals surface area contributed by atoms with Gasteiger partial charge in [0, 0.05) is 41.8 Å². The van der Waals surface area contributed by atoms with Crippen LogP contribution in [0.2, 0.25) is 0 Å². The number of hydrogen-bond acceptors (Lipinski definition) is 5. The van der Waals surface area contributed by atoms with Crippen molar-refractivity contribution in [1.29, 1.82) is 0 Å². The number of pyridine rings is 3. The predicted octanol–water partition coefficient (Wildman–Crippen LogP) is 6.99. The Morgan fingerprint density at radius 1 is 1.00 bits per heavy atom. The molecule has 0 aliphatic carbocycles. The van der Waals surface area contributed by atoms with Crippen LogP contribution >= 0.6 is 0 Å². The number of carbonyl (C=O) groups is 1. The minimum Gasteiger partial charge on any atom is -0.455 e. The van der Waals surface area contributed by atoms with Crippen molar-refractivity contribution in [2.45, 2.75) is 27.2 Å². The number of rotatable bonds is 7. The molecule has 5 aromatic rings. The first-order valence-corrected chi connectivity index (χ1v) is 12.4. The van der Waals surface area contributed by atoms with E-state index in [1.807, 2.05) is 13.0 Å². The zero-order valence-electron chi connectivity index (χ0n) is 21.8. The molecule has 194 valence electrons. The number of benzene rings is 2. The normalized spacial score (nSPS) is 11.0. The average molecular weight is 520 g/mol. The van der Waals surface area contributed by atoms with Crippen LogP contribution in [-0.2, 0) is 6.42 Å². The number of aromatic amines is 1. The van der Waals surface area contributed by atoms with Gasteiger partial charge in [0.25, 0.3) is 0 Å². The topological polar surface area (TPSA) is 84.9 Å². The first-order valence-electron chi connectivity index (χ1n) is 12.4. The molecule has 0 bridgehead atoms. The maximum atomic E-state index is 13.4. The molecule has 3 heterocycles. The molecule has 0 aliphatic heterocycles. The number of Topliss-reactive ketones (excluding diaryl/α,β-unsaturated/α-hetero) is 1. The van der Waals surface area contributed by atoms with Crippen LogP contribution in [0.1, 0.15) is 39.8 Å². The van der Waals surface area contributed by atoms with Crippen molar-refractivity contribution in [2.24, 2.45) is 0 Å². The van der Waals surface area contributed by atoms with Crippen molar-refractivity contribution in [2.75, 3.05) is 0 Å². The summed E-state index contributed by atoms with van der Waals surface area (Å²) in [6.45, 7) is 9.34. The van der Waals surface area contributed by atoms with Gasteiger partial charge >= 0.3 is 0 Å². The number of fused-ring (bicyclic) bond motifs is 1. The van der Waals surface area contributed by atoms with Gasteiger partial charge < -0.3 is 9.72 Å². The van der Waals surface area contributed by atoms with Crippen LogP contribution in [0.15, 0.2) is 84.4 Å². The van der Waals surface area contributed by atoms with E-state index in [1.54, 1.807) is 56.6 Å². The molecule has 7 heteroatoms. The van der Waals surface area contributed by atoms with Crippen LogP contribution in [0.4, 0.5) is 4.39 Å². The number of nitrogens with one attached hydrogen (secondary N) is 1. The molecule has 0 spiro atoms. The molecule has 6 nitrogen and oxygen atoms in total. The number of ketones is 1. The second-order valence-electron chi connectivity index (χ2n) is 9.49. The van der Waals surface area contributed by atoms with E-state index in [9.17, 15) is 14.0 Å². The van der Waals surface area contributed by atoms with Gasteiger partial charge in [0.2, 0.25) is 5.43 Å². The Morgan fingerprint density at radius 3 is 2.41 bits per heavy atom. The van der Waals surface area contributed by atoms with Crippen LogP contribution < -0.4 is 10.2 Å². The number of carbonyl (C=O) groups excluding carboxylic acids is 1. The van der Waals surface area contributed by atoms with Gasteiger partial charge in [-0.25, -0.2) is 4.39 Å². The largest absolute Gasteiger partial charge is 0.455 e. The Kier molecular flexibility index (Phi) is 6.90. The van der Waals surface area contributed by atoms with Gasteiger partial charge in [-0.05, 0) is 73.4 Å². The lowest BCUT2D eigenvalue weighted by atomic mass is 9.96. The summed E-state index contributed by atoms with van der Waals surface area (Å²) in [5.74, 6) is 0.442. The van der Waals surface area contributed by atoms with Crippen LogP contribution in [0, 0.1) is 19.7 Å². The predicted molar refractivity (Wildman–Crippen MR) is 151 cm³/mol. The average Bonchev–Trinajstić information content (AvgIpc) is 2.90. The molecule has 3 aromatic heterocycles. The van der Waals surface area contributed by atoms with E-state index >= 15 is 0 Å². The third-order valence-electron chi connectivity index (χ3n) is 6.54. The van der Waals surface area contributed by atoms with Gasteiger partial charge in [0.05, 0.1) is 11.1 Å². The maximum absolute atomic E-state index is 13.4. The van der Waals surface area contributed by atoms with Gasteiger partial charge in [-0.1, -0.05) is 30.8 Å². The zero-order chi connectivity index (χ0) is 27.7. The maximum Gasteiger partial charge on any atom is 0.200 e. The SMILES string of the molecule is C=C(C)c1cnc2c(Oc3ccc(CC(=O)c4c(C)[nH]c(C)c(-c5ccc(F)cc5)c4=O)cc3)ccnc2c1. The summed E-state index contributed by atoms with van der Waals surface area (Å²) in [5, 5.41) is 0. The summed E-state index contributed by atoms with van der Waals surface area (Å²) in [7, 11) is 0. The zero-order valence-corrected chi connectivity index (χ0v) is 21.8. The van der Waals surface area contributed by atoms with Crippen LogP contribution in [0.25, 0.3) is 27.7 Å². The smallest absolute Gasteiger partial charge is 0.200 e. The lowest BCUT2D eigenvalue weighted by Gasteiger charge is -2.12. The lowest BCUT2D eigenvalue weighted by Crippen LogP contribution is -2.22. The summed E-state index contributed by atoms with van der Waals surface area (Å²) in [5.41, 5.74) is 5.65. The number of halogens is 1. The Balaban J connectivity index is 1.37. The Hall–Kier alpha value is -4.91. The van der Waals surface area contributed by atoms with Crippen LogP contribution in [0.5, 0.6) is 11.5 Å². The van der Waals surface area contributed by atoms with E-state index in [0.29, 0.717) is 45.0 Å². The second kappa shape index (κ2) is 10.5. The molecule has 0 atom stereocenters. The minimum atomic E-state index is -0.394. The molecule has 39 heavy (non-hydrogen) atoms. The molecular formula is C32H26FN3O3. The number of ether oxygens (including phenoxy) is 1. The van der Waals surface area contributed by atoms with Crippen molar-refractivity contribution in [3.63, 3.8) is 0 Å². The molecule has 5 rings (SSSR count). The number of aromatic nitrogens is 3. The first kappa shape index (κ1) is 25.7. The quantitative estimate of drug-likeness (QED) is 0.234. The van der Waals surface area contributed by atoms with Crippen molar-refractivity contribution in [1.82, 2.24) is 15.0 Å². The van der Waals surface area contributed by atoms with Crippen molar-refractivity contribution in [3.05, 3.63) is 124 Å². The standard InChI is InChI=1S/C32H26FN3O3/c1-18(2)23-16-26-31(35-17-23)28(13-14-34-26)39-25-11-5-21(6-12-25)15-27(37)30-20(4)36-19(3)29(32(30)38)22-7-9-24(33)10-8-22/h5-14,16-17H,1,15H2,2-4H3,(H,36,38). The molecule has 0 aliphatic rings. The second-order valence-corrected chi connectivity index (χ2v) is 9.49. The number of H-pyrrole nitrogens is 1. The van der Waals surface area contributed by atoms with Crippen molar-refractivity contribution < 1.29 is 13.9 Å². The summed E-state index contributed by atoms with van der Waals surface area (Å²) in [6, 6.07) is 16.5. The van der Waals surface area contributed by atoms with E-state index < -0.39 is 5.82 Å². The minimum absolute atomic E-state index is 0.0412. The molecular weight excluding hydrogens is 493 g/mol. The van der Waals surface area contributed by atoms with E-state index in [4.69, 9.17) is 4.74 Å². The number of hydrogen-bond donors (Lipinski definition) is 1. The molecule has 0 radical (unpaired) electrons. The molecule has 2 aromatic carbocycles. The summed E-state index contributed by atoms with van der Waals surface area (Å²) in [6.07, 6.45) is 3.44. The Labute approximate surface area is 224 Å². The summed E-state index contributed by atoms with van der Waals surface area (Å²) >= 11 is 0. The lowest BCUT2D eigenvalue weighted by molar-refractivity contribution is 0.0991. The number of aryl methyl sites for hydroxylation is 2. The Bertz CT molecular complexity index is 1790. The highest BCUT2D eigenvalue weighted by atomic mass is 19.1. The molecule has 0 amide bonds. The molecule has 0 fully saturated rings. The molecule has 0 unspecified atom stereocenters. The van der Waals surface area contributed by atoms with Gasteiger partial charge in [-0.3, -0.25) is 19.6 Å². The highest BCUT2D eigenvalue weighted by Crippen LogP contribution is 2.29. The fraction of sp³-hybridized carbons (Fsp3) is 0.125. The van der Waals surface area contributed by atoms with Gasteiger partial charge in [-0.2, -0.15) is 0 Å². The van der Waals surface area contributed by atoms with E-state index in [0.717, 1.165) is 16.7 Å². The van der Waals surface area contributed by atoms with Crippen molar-refractivity contribution >= 4 is 22.4 Å². The van der Waals surface area contributed by atoms with Gasteiger partial charge in [0.1, 0.15) is 17.1 Å². The highest BCUT2D eigenvalue weighted by molar-refractivity contribution is 5.99. The van der Waals surface area contributed by atoms with Gasteiger partial charge in [-0.15, -0.1) is 0 Å². The summed E-state index contributed by atoms with van der Waals surface area (Å²) in [4.78, 5) is 38.7. The van der Waals surface area contributed by atoms with Crippen LogP contribution in [-0.4, -0.2) is 20.7 Å². The molecule has 1 N–H and O–H groups in total. The third kappa shape index (κ3) is 5.25. The molecule has 0 saturated carbocycles. The van der Waals surface area contributed by atoms with Crippen LogP contribution in [0.3, 0.4) is 0 Å². The van der Waals surface area contributed by atoms with Gasteiger partial charge in [0.15, 0.2) is 11.5 Å². The van der Waals surface area contributed by atoms with E-state index in [-0.39, 0.29) is 23.2 Å². The Morgan fingerprint density at radius 2 is 1.72 bits per heavy atom. The summed E-state index contributed by atoms with van der Waals surface area (Å²) < 4.78 is 19.5.